The minimum atomic E-state index is -0.539. The van der Waals surface area contributed by atoms with Gasteiger partial charge in [-0.05, 0) is 24.1 Å². The summed E-state index contributed by atoms with van der Waals surface area (Å²) in [6.45, 7) is 0.866. The van der Waals surface area contributed by atoms with Crippen LogP contribution in [0.3, 0.4) is 0 Å². The monoisotopic (exact) mass is 269 g/mol. The van der Waals surface area contributed by atoms with Crippen molar-refractivity contribution in [3.05, 3.63) is 23.8 Å². The molecule has 1 aromatic carbocycles. The average Bonchev–Trinajstić information content (AvgIpc) is 2.45. The first-order valence-corrected chi connectivity index (χ1v) is 6.26. The van der Waals surface area contributed by atoms with Crippen molar-refractivity contribution in [2.45, 2.75) is 18.4 Å². The maximum Gasteiger partial charge on any atom is 0.160 e. The van der Waals surface area contributed by atoms with Crippen molar-refractivity contribution in [3.8, 4) is 11.5 Å². The molecule has 0 aliphatic carbocycles. The van der Waals surface area contributed by atoms with E-state index >= 15 is 0 Å². The van der Waals surface area contributed by atoms with Gasteiger partial charge in [0.05, 0.1) is 20.3 Å². The second-order valence-electron chi connectivity index (χ2n) is 4.31. The predicted molar refractivity (Wildman–Crippen MR) is 73.8 cm³/mol. The third-order valence-corrected chi connectivity index (χ3v) is 3.17. The lowest BCUT2D eigenvalue weighted by Crippen LogP contribution is -2.27. The van der Waals surface area contributed by atoms with Gasteiger partial charge in [-0.3, -0.25) is 0 Å². The zero-order valence-electron chi connectivity index (χ0n) is 11.8. The number of hydrogen-bond donors (Lipinski definition) is 2. The maximum atomic E-state index is 10.2. The van der Waals surface area contributed by atoms with Crippen LogP contribution in [0.1, 0.15) is 17.9 Å². The summed E-state index contributed by atoms with van der Waals surface area (Å²) in [6, 6.07) is 5.57. The summed E-state index contributed by atoms with van der Waals surface area (Å²) in [5, 5.41) is 10.2. The lowest BCUT2D eigenvalue weighted by molar-refractivity contribution is 0.0919. The average molecular weight is 269 g/mol. The first-order chi connectivity index (χ1) is 9.17. The summed E-state index contributed by atoms with van der Waals surface area (Å²) in [5.74, 6) is 1.15. The highest BCUT2D eigenvalue weighted by Gasteiger charge is 2.21. The van der Waals surface area contributed by atoms with Crippen molar-refractivity contribution >= 4 is 0 Å². The van der Waals surface area contributed by atoms with Crippen molar-refractivity contribution in [1.29, 1.82) is 0 Å². The van der Waals surface area contributed by atoms with E-state index in [2.05, 4.69) is 0 Å². The summed E-state index contributed by atoms with van der Waals surface area (Å²) >= 11 is 0. The van der Waals surface area contributed by atoms with Gasteiger partial charge < -0.3 is 25.1 Å². The number of methoxy groups -OCH3 is 3. The molecule has 3 N–H and O–H groups in total. The molecule has 0 aliphatic rings. The van der Waals surface area contributed by atoms with E-state index in [9.17, 15) is 5.11 Å². The topological polar surface area (TPSA) is 73.9 Å². The third-order valence-electron chi connectivity index (χ3n) is 3.17. The van der Waals surface area contributed by atoms with Gasteiger partial charge in [-0.2, -0.15) is 0 Å². The number of aliphatic hydroxyl groups is 1. The molecule has 108 valence electrons. The highest BCUT2D eigenvalue weighted by molar-refractivity contribution is 5.44. The van der Waals surface area contributed by atoms with Gasteiger partial charge in [0.1, 0.15) is 0 Å². The molecule has 19 heavy (non-hydrogen) atoms. The minimum Gasteiger partial charge on any atom is -0.493 e. The number of rotatable bonds is 8. The molecule has 0 heterocycles. The predicted octanol–water partition coefficient (Wildman–Crippen LogP) is 1.14. The number of aliphatic hydroxyl groups excluding tert-OH is 1. The normalized spacial score (nSPS) is 13.9. The summed E-state index contributed by atoms with van der Waals surface area (Å²) < 4.78 is 15.4. The number of nitrogens with two attached hydrogens (primary N) is 1. The fourth-order valence-corrected chi connectivity index (χ4v) is 2.04. The summed E-state index contributed by atoms with van der Waals surface area (Å²) in [7, 11) is 4.78. The molecule has 1 aromatic rings. The number of ether oxygens (including phenoxy) is 3. The Balaban J connectivity index is 2.91. The van der Waals surface area contributed by atoms with E-state index in [0.29, 0.717) is 31.1 Å². The largest absolute Gasteiger partial charge is 0.493 e. The summed E-state index contributed by atoms with van der Waals surface area (Å²) in [4.78, 5) is 0. The Morgan fingerprint density at radius 2 is 1.84 bits per heavy atom. The Bertz CT molecular complexity index is 384. The van der Waals surface area contributed by atoms with Crippen LogP contribution in [-0.4, -0.2) is 45.7 Å². The van der Waals surface area contributed by atoms with E-state index < -0.39 is 6.10 Å². The van der Waals surface area contributed by atoms with Crippen LogP contribution in [0.4, 0.5) is 0 Å². The van der Waals surface area contributed by atoms with Gasteiger partial charge in [0.2, 0.25) is 0 Å². The van der Waals surface area contributed by atoms with Crippen molar-refractivity contribution in [2.75, 3.05) is 34.5 Å². The highest BCUT2D eigenvalue weighted by atomic mass is 16.5. The molecule has 2 unspecified atom stereocenters. The third kappa shape index (κ3) is 4.09. The van der Waals surface area contributed by atoms with Crippen LogP contribution in [0, 0.1) is 0 Å². The molecule has 5 heteroatoms. The molecule has 0 saturated carbocycles. The Morgan fingerprint density at radius 3 is 2.37 bits per heavy atom. The summed E-state index contributed by atoms with van der Waals surface area (Å²) in [6.07, 6.45) is 0.00948. The van der Waals surface area contributed by atoms with Crippen LogP contribution in [0.5, 0.6) is 11.5 Å². The Kier molecular flexibility index (Phi) is 6.62. The molecule has 2 atom stereocenters. The van der Waals surface area contributed by atoms with Crippen LogP contribution in [0.2, 0.25) is 0 Å². The van der Waals surface area contributed by atoms with Gasteiger partial charge in [0.15, 0.2) is 11.5 Å². The molecule has 0 fully saturated rings. The van der Waals surface area contributed by atoms with Crippen molar-refractivity contribution in [1.82, 2.24) is 0 Å². The Morgan fingerprint density at radius 1 is 1.16 bits per heavy atom. The molecule has 1 rings (SSSR count). The molecule has 0 saturated heterocycles. The Hall–Kier alpha value is -1.30. The molecule has 0 radical (unpaired) electrons. The second kappa shape index (κ2) is 7.99. The molecule has 0 spiro atoms. The zero-order valence-corrected chi connectivity index (χ0v) is 11.8. The van der Waals surface area contributed by atoms with E-state index in [1.165, 1.54) is 0 Å². The molecule has 0 aromatic heterocycles. The molecule has 5 nitrogen and oxygen atoms in total. The van der Waals surface area contributed by atoms with Gasteiger partial charge >= 0.3 is 0 Å². The molecule has 0 bridgehead atoms. The van der Waals surface area contributed by atoms with Gasteiger partial charge in [-0.15, -0.1) is 0 Å². The van der Waals surface area contributed by atoms with E-state index in [1.807, 2.05) is 18.2 Å². The first-order valence-electron chi connectivity index (χ1n) is 6.26. The lowest BCUT2D eigenvalue weighted by atomic mass is 9.91. The van der Waals surface area contributed by atoms with E-state index in [-0.39, 0.29) is 5.92 Å². The van der Waals surface area contributed by atoms with Crippen molar-refractivity contribution < 1.29 is 19.3 Å². The van der Waals surface area contributed by atoms with Crippen LogP contribution < -0.4 is 15.2 Å². The van der Waals surface area contributed by atoms with E-state index in [4.69, 9.17) is 19.9 Å². The highest BCUT2D eigenvalue weighted by Crippen LogP contribution is 2.31. The SMILES string of the molecule is COCCC(O)C(CN)c1ccc(OC)c(OC)c1. The van der Waals surface area contributed by atoms with Crippen LogP contribution in [0.15, 0.2) is 18.2 Å². The zero-order chi connectivity index (χ0) is 14.3. The fraction of sp³-hybridized carbons (Fsp3) is 0.571. The lowest BCUT2D eigenvalue weighted by Gasteiger charge is -2.22. The first kappa shape index (κ1) is 15.8. The second-order valence-corrected chi connectivity index (χ2v) is 4.31. The molecule has 0 amide bonds. The summed E-state index contributed by atoms with van der Waals surface area (Å²) in [5.41, 5.74) is 6.70. The van der Waals surface area contributed by atoms with Crippen molar-refractivity contribution in [3.63, 3.8) is 0 Å². The molecular weight excluding hydrogens is 246 g/mol. The van der Waals surface area contributed by atoms with Crippen molar-refractivity contribution in [2.24, 2.45) is 5.73 Å². The molecular formula is C14H23NO4. The van der Waals surface area contributed by atoms with Gasteiger partial charge in [-0.25, -0.2) is 0 Å². The fourth-order valence-electron chi connectivity index (χ4n) is 2.04. The van der Waals surface area contributed by atoms with E-state index in [0.717, 1.165) is 5.56 Å². The Labute approximate surface area is 114 Å². The van der Waals surface area contributed by atoms with Gasteiger partial charge in [-0.1, -0.05) is 6.07 Å². The minimum absolute atomic E-state index is 0.144. The van der Waals surface area contributed by atoms with Crippen LogP contribution in [-0.2, 0) is 4.74 Å². The van der Waals surface area contributed by atoms with Gasteiger partial charge in [0.25, 0.3) is 0 Å². The quantitative estimate of drug-likeness (QED) is 0.740. The molecule has 0 aliphatic heterocycles. The smallest absolute Gasteiger partial charge is 0.160 e. The number of benzene rings is 1. The van der Waals surface area contributed by atoms with Crippen LogP contribution in [0.25, 0.3) is 0 Å². The van der Waals surface area contributed by atoms with E-state index in [1.54, 1.807) is 21.3 Å². The van der Waals surface area contributed by atoms with Crippen LogP contribution >= 0.6 is 0 Å². The standard InChI is InChI=1S/C14H23NO4/c1-17-7-6-12(16)11(9-15)10-4-5-13(18-2)14(8-10)19-3/h4-5,8,11-12,16H,6-7,9,15H2,1-3H3. The number of hydrogen-bond acceptors (Lipinski definition) is 5. The van der Waals surface area contributed by atoms with Gasteiger partial charge in [0, 0.05) is 26.2 Å². The maximum absolute atomic E-state index is 10.2.